The molecule has 0 N–H and O–H groups in total. The fourth-order valence-electron chi connectivity index (χ4n) is 2.12. The summed E-state index contributed by atoms with van der Waals surface area (Å²) >= 11 is 0. The Morgan fingerprint density at radius 1 is 1.29 bits per heavy atom. The summed E-state index contributed by atoms with van der Waals surface area (Å²) < 4.78 is 11.1. The minimum Gasteiger partial charge on any atom is -0.488 e. The summed E-state index contributed by atoms with van der Waals surface area (Å²) in [5.74, 6) is 0.758. The van der Waals surface area contributed by atoms with E-state index in [1.54, 1.807) is 11.9 Å². The molecule has 0 aromatic heterocycles. The summed E-state index contributed by atoms with van der Waals surface area (Å²) in [5, 5.41) is 2.86. The molecule has 0 spiro atoms. The minimum atomic E-state index is -0.492. The van der Waals surface area contributed by atoms with Crippen molar-refractivity contribution in [2.24, 2.45) is 5.18 Å². The molecule has 1 aromatic rings. The molecule has 0 aliphatic carbocycles. The van der Waals surface area contributed by atoms with Gasteiger partial charge in [-0.25, -0.2) is 4.79 Å². The number of hydrogen-bond donors (Lipinski definition) is 0. The zero-order valence-electron chi connectivity index (χ0n) is 15.2. The van der Waals surface area contributed by atoms with Crippen LogP contribution in [-0.4, -0.2) is 42.8 Å². The summed E-state index contributed by atoms with van der Waals surface area (Å²) in [7, 11) is 1.73. The van der Waals surface area contributed by atoms with Gasteiger partial charge in [-0.1, -0.05) is 23.4 Å². The number of aryl methyl sites for hydroxylation is 1. The average molecular weight is 336 g/mol. The highest BCUT2D eigenvalue weighted by Gasteiger charge is 2.19. The number of benzene rings is 1. The molecule has 0 saturated heterocycles. The molecule has 0 radical (unpaired) electrons. The third-order valence-electron chi connectivity index (χ3n) is 3.28. The maximum atomic E-state index is 11.9. The third kappa shape index (κ3) is 7.44. The second kappa shape index (κ2) is 9.25. The van der Waals surface area contributed by atoms with Crippen LogP contribution in [0.5, 0.6) is 5.75 Å². The van der Waals surface area contributed by atoms with Gasteiger partial charge in [0.2, 0.25) is 0 Å². The van der Waals surface area contributed by atoms with Crippen molar-refractivity contribution in [1.29, 1.82) is 0 Å². The van der Waals surface area contributed by atoms with Gasteiger partial charge in [0.15, 0.2) is 0 Å². The van der Waals surface area contributed by atoms with Gasteiger partial charge in [0.25, 0.3) is 0 Å². The standard InChI is InChI=1S/C18H28N2O4/c1-14(13-19-22)23-16-11-7-6-9-15(16)10-8-12-20(5)17(21)24-18(2,3)4/h6-7,9,11,14H,8,10,12-13H2,1-5H3/t14-/m1/s1. The molecule has 1 rings (SSSR count). The molecule has 0 heterocycles. The molecule has 1 amide bonds. The van der Waals surface area contributed by atoms with Crippen molar-refractivity contribution in [1.82, 2.24) is 4.90 Å². The second-order valence-electron chi connectivity index (χ2n) is 6.85. The van der Waals surface area contributed by atoms with E-state index in [0.717, 1.165) is 24.2 Å². The maximum Gasteiger partial charge on any atom is 0.410 e. The number of ether oxygens (including phenoxy) is 2. The number of carbonyl (C=O) groups is 1. The first-order valence-electron chi connectivity index (χ1n) is 8.20. The smallest absolute Gasteiger partial charge is 0.410 e. The first kappa shape index (κ1) is 19.9. The van der Waals surface area contributed by atoms with Gasteiger partial charge in [-0.3, -0.25) is 0 Å². The molecule has 0 bridgehead atoms. The van der Waals surface area contributed by atoms with Crippen LogP contribution in [0, 0.1) is 4.91 Å². The van der Waals surface area contributed by atoms with Crippen LogP contribution in [0.2, 0.25) is 0 Å². The fourth-order valence-corrected chi connectivity index (χ4v) is 2.12. The number of nitroso groups, excluding NO2 is 1. The monoisotopic (exact) mass is 336 g/mol. The van der Waals surface area contributed by atoms with Crippen LogP contribution in [0.1, 0.15) is 39.7 Å². The Hall–Kier alpha value is -2.11. The molecule has 6 heteroatoms. The number of amides is 1. The van der Waals surface area contributed by atoms with Crippen LogP contribution in [0.3, 0.4) is 0 Å². The van der Waals surface area contributed by atoms with Crippen molar-refractivity contribution >= 4 is 6.09 Å². The van der Waals surface area contributed by atoms with Gasteiger partial charge in [0.1, 0.15) is 24.0 Å². The summed E-state index contributed by atoms with van der Waals surface area (Å²) in [4.78, 5) is 23.8. The molecule has 0 fully saturated rings. The van der Waals surface area contributed by atoms with E-state index in [2.05, 4.69) is 5.18 Å². The van der Waals surface area contributed by atoms with E-state index >= 15 is 0 Å². The summed E-state index contributed by atoms with van der Waals surface area (Å²) in [6.45, 7) is 8.07. The lowest BCUT2D eigenvalue weighted by atomic mass is 10.1. The van der Waals surface area contributed by atoms with E-state index in [1.165, 1.54) is 0 Å². The molecule has 6 nitrogen and oxygen atoms in total. The lowest BCUT2D eigenvalue weighted by Gasteiger charge is -2.24. The zero-order chi connectivity index (χ0) is 18.2. The Kier molecular flexibility index (Phi) is 7.68. The van der Waals surface area contributed by atoms with Gasteiger partial charge >= 0.3 is 6.09 Å². The normalized spacial score (nSPS) is 12.4. The Morgan fingerprint density at radius 2 is 1.96 bits per heavy atom. The van der Waals surface area contributed by atoms with Crippen LogP contribution in [0.15, 0.2) is 29.4 Å². The quantitative estimate of drug-likeness (QED) is 0.672. The largest absolute Gasteiger partial charge is 0.488 e. The van der Waals surface area contributed by atoms with Crippen molar-refractivity contribution in [2.45, 2.75) is 52.2 Å². The van der Waals surface area contributed by atoms with Gasteiger partial charge in [-0.05, 0) is 52.2 Å². The SMILES string of the molecule is C[C@H](CN=O)Oc1ccccc1CCCN(C)C(=O)OC(C)(C)C. The fraction of sp³-hybridized carbons (Fsp3) is 0.611. The molecule has 1 atom stereocenters. The number of para-hydroxylation sites is 1. The first-order valence-corrected chi connectivity index (χ1v) is 8.20. The molecule has 0 saturated carbocycles. The Bertz CT molecular complexity index is 540. The molecule has 0 aliphatic rings. The van der Waals surface area contributed by atoms with Gasteiger partial charge in [-0.15, -0.1) is 0 Å². The molecule has 24 heavy (non-hydrogen) atoms. The topological polar surface area (TPSA) is 68.2 Å². The van der Waals surface area contributed by atoms with Crippen LogP contribution >= 0.6 is 0 Å². The van der Waals surface area contributed by atoms with Gasteiger partial charge < -0.3 is 14.4 Å². The van der Waals surface area contributed by atoms with E-state index in [1.807, 2.05) is 52.0 Å². The molecule has 0 unspecified atom stereocenters. The lowest BCUT2D eigenvalue weighted by molar-refractivity contribution is 0.0297. The predicted molar refractivity (Wildman–Crippen MR) is 94.4 cm³/mol. The highest BCUT2D eigenvalue weighted by molar-refractivity contribution is 5.67. The molecular weight excluding hydrogens is 308 g/mol. The van der Waals surface area contributed by atoms with Crippen molar-refractivity contribution in [2.75, 3.05) is 20.1 Å². The summed E-state index contributed by atoms with van der Waals surface area (Å²) in [5.41, 5.74) is 0.557. The van der Waals surface area contributed by atoms with Gasteiger partial charge in [0, 0.05) is 13.6 Å². The van der Waals surface area contributed by atoms with Crippen LogP contribution in [0.25, 0.3) is 0 Å². The van der Waals surface area contributed by atoms with Crippen molar-refractivity contribution in [3.63, 3.8) is 0 Å². The average Bonchev–Trinajstić information content (AvgIpc) is 2.47. The van der Waals surface area contributed by atoms with Crippen molar-refractivity contribution < 1.29 is 14.3 Å². The van der Waals surface area contributed by atoms with E-state index in [9.17, 15) is 9.70 Å². The molecule has 0 aliphatic heterocycles. The van der Waals surface area contributed by atoms with E-state index in [0.29, 0.717) is 6.54 Å². The maximum absolute atomic E-state index is 11.9. The number of rotatable bonds is 8. The second-order valence-corrected chi connectivity index (χ2v) is 6.85. The molecule has 134 valence electrons. The Labute approximate surface area is 144 Å². The number of nitrogens with zero attached hydrogens (tertiary/aromatic N) is 2. The number of hydrogen-bond acceptors (Lipinski definition) is 5. The van der Waals surface area contributed by atoms with E-state index in [-0.39, 0.29) is 18.7 Å². The predicted octanol–water partition coefficient (Wildman–Crippen LogP) is 4.02. The van der Waals surface area contributed by atoms with E-state index in [4.69, 9.17) is 9.47 Å². The lowest BCUT2D eigenvalue weighted by Crippen LogP contribution is -2.34. The first-order chi connectivity index (χ1) is 11.2. The molecular formula is C18H28N2O4. The highest BCUT2D eigenvalue weighted by atomic mass is 16.6. The Morgan fingerprint density at radius 3 is 2.58 bits per heavy atom. The van der Waals surface area contributed by atoms with E-state index < -0.39 is 5.60 Å². The van der Waals surface area contributed by atoms with Gasteiger partial charge in [0.05, 0.1) is 0 Å². The van der Waals surface area contributed by atoms with Crippen molar-refractivity contribution in [3.05, 3.63) is 34.7 Å². The minimum absolute atomic E-state index is 0.121. The Balaban J connectivity index is 2.53. The van der Waals surface area contributed by atoms with Crippen molar-refractivity contribution in [3.8, 4) is 5.75 Å². The molecule has 1 aromatic carbocycles. The summed E-state index contributed by atoms with van der Waals surface area (Å²) in [6.07, 6.45) is 0.979. The van der Waals surface area contributed by atoms with Crippen LogP contribution in [0.4, 0.5) is 4.79 Å². The summed E-state index contributed by atoms with van der Waals surface area (Å²) in [6, 6.07) is 7.72. The van der Waals surface area contributed by atoms with Crippen LogP contribution in [-0.2, 0) is 11.2 Å². The number of carbonyl (C=O) groups excluding carboxylic acids is 1. The van der Waals surface area contributed by atoms with Crippen LogP contribution < -0.4 is 4.74 Å². The zero-order valence-corrected chi connectivity index (χ0v) is 15.2. The van der Waals surface area contributed by atoms with Gasteiger partial charge in [-0.2, -0.15) is 4.91 Å². The third-order valence-corrected chi connectivity index (χ3v) is 3.28. The highest BCUT2D eigenvalue weighted by Crippen LogP contribution is 2.21.